The van der Waals surface area contributed by atoms with E-state index in [1.54, 1.807) is 24.1 Å². The summed E-state index contributed by atoms with van der Waals surface area (Å²) in [7, 11) is 1.57. The van der Waals surface area contributed by atoms with Crippen molar-refractivity contribution < 1.29 is 14.0 Å². The van der Waals surface area contributed by atoms with Gasteiger partial charge in [-0.25, -0.2) is 4.39 Å². The van der Waals surface area contributed by atoms with Crippen molar-refractivity contribution in [2.24, 2.45) is 0 Å². The summed E-state index contributed by atoms with van der Waals surface area (Å²) in [6.45, 7) is 0.311. The molecule has 0 fully saturated rings. The van der Waals surface area contributed by atoms with Gasteiger partial charge in [-0.2, -0.15) is 0 Å². The smallest absolute Gasteiger partial charge is 0.242 e. The van der Waals surface area contributed by atoms with E-state index in [1.807, 2.05) is 60.7 Å². The molecule has 0 bridgehead atoms. The topological polar surface area (TPSA) is 49.4 Å². The highest BCUT2D eigenvalue weighted by Gasteiger charge is 2.29. The van der Waals surface area contributed by atoms with Crippen molar-refractivity contribution >= 4 is 11.8 Å². The number of halogens is 1. The molecular formula is C25H25FN2O2. The Bertz CT molecular complexity index is 959. The first kappa shape index (κ1) is 21.2. The van der Waals surface area contributed by atoms with E-state index in [4.69, 9.17) is 0 Å². The van der Waals surface area contributed by atoms with E-state index in [2.05, 4.69) is 5.32 Å². The predicted molar refractivity (Wildman–Crippen MR) is 115 cm³/mol. The zero-order valence-corrected chi connectivity index (χ0v) is 16.9. The normalized spacial score (nSPS) is 11.5. The Morgan fingerprint density at radius 2 is 1.40 bits per heavy atom. The second kappa shape index (κ2) is 10.3. The molecule has 0 unspecified atom stereocenters. The van der Waals surface area contributed by atoms with E-state index in [9.17, 15) is 14.0 Å². The van der Waals surface area contributed by atoms with Crippen LogP contribution in [0.4, 0.5) is 4.39 Å². The van der Waals surface area contributed by atoms with Gasteiger partial charge in [0.25, 0.3) is 0 Å². The molecular weight excluding hydrogens is 379 g/mol. The van der Waals surface area contributed by atoms with Crippen LogP contribution in [0.1, 0.15) is 16.7 Å². The summed E-state index contributed by atoms with van der Waals surface area (Å²) in [4.78, 5) is 27.7. The molecule has 0 aliphatic carbocycles. The Morgan fingerprint density at radius 3 is 1.97 bits per heavy atom. The molecule has 154 valence electrons. The Labute approximate surface area is 176 Å². The minimum Gasteiger partial charge on any atom is -0.357 e. The number of amides is 2. The number of benzene rings is 3. The molecule has 4 nitrogen and oxygen atoms in total. The molecule has 0 aliphatic heterocycles. The average molecular weight is 404 g/mol. The highest BCUT2D eigenvalue weighted by atomic mass is 19.1. The average Bonchev–Trinajstić information content (AvgIpc) is 2.78. The Hall–Kier alpha value is -3.47. The van der Waals surface area contributed by atoms with Crippen LogP contribution in [0.3, 0.4) is 0 Å². The zero-order valence-electron chi connectivity index (χ0n) is 16.9. The van der Waals surface area contributed by atoms with Crippen molar-refractivity contribution in [2.75, 3.05) is 7.05 Å². The van der Waals surface area contributed by atoms with E-state index in [0.29, 0.717) is 18.5 Å². The van der Waals surface area contributed by atoms with E-state index < -0.39 is 6.04 Å². The van der Waals surface area contributed by atoms with Gasteiger partial charge in [-0.3, -0.25) is 9.59 Å². The lowest BCUT2D eigenvalue weighted by Crippen LogP contribution is -2.50. The van der Waals surface area contributed by atoms with Crippen LogP contribution in [0.2, 0.25) is 0 Å². The molecule has 1 atom stereocenters. The highest BCUT2D eigenvalue weighted by molar-refractivity contribution is 5.88. The lowest BCUT2D eigenvalue weighted by molar-refractivity contribution is -0.140. The number of nitrogens with one attached hydrogen (secondary N) is 1. The van der Waals surface area contributed by atoms with Gasteiger partial charge in [-0.1, -0.05) is 72.8 Å². The lowest BCUT2D eigenvalue weighted by Gasteiger charge is -2.31. The van der Waals surface area contributed by atoms with Crippen LogP contribution in [0.15, 0.2) is 84.9 Å². The molecule has 0 spiro atoms. The Morgan fingerprint density at radius 1 is 0.833 bits per heavy atom. The summed E-state index contributed by atoms with van der Waals surface area (Å²) in [5.74, 6) is -0.753. The number of carbonyl (C=O) groups is 2. The summed E-state index contributed by atoms with van der Waals surface area (Å²) >= 11 is 0. The van der Waals surface area contributed by atoms with Crippen molar-refractivity contribution in [1.29, 1.82) is 0 Å². The Balaban J connectivity index is 1.91. The summed E-state index contributed by atoms with van der Waals surface area (Å²) in [6, 6.07) is 24.4. The third-order valence-corrected chi connectivity index (χ3v) is 4.98. The second-order valence-electron chi connectivity index (χ2n) is 7.13. The maximum atomic E-state index is 13.3. The van der Waals surface area contributed by atoms with Gasteiger partial charge in [0.1, 0.15) is 11.9 Å². The number of hydrogen-bond acceptors (Lipinski definition) is 2. The monoisotopic (exact) mass is 404 g/mol. The van der Waals surface area contributed by atoms with Gasteiger partial charge in [0, 0.05) is 20.0 Å². The number of carbonyl (C=O) groups excluding carboxylic acids is 2. The summed E-state index contributed by atoms with van der Waals surface area (Å²) in [5, 5.41) is 2.70. The quantitative estimate of drug-likeness (QED) is 0.622. The summed E-state index contributed by atoms with van der Waals surface area (Å²) < 4.78 is 13.2. The molecule has 5 heteroatoms. The van der Waals surface area contributed by atoms with E-state index in [1.165, 1.54) is 12.1 Å². The van der Waals surface area contributed by atoms with Crippen molar-refractivity contribution in [3.63, 3.8) is 0 Å². The molecule has 0 radical (unpaired) electrons. The number of rotatable bonds is 8. The third-order valence-electron chi connectivity index (χ3n) is 4.98. The van der Waals surface area contributed by atoms with Crippen LogP contribution in [-0.4, -0.2) is 29.8 Å². The fourth-order valence-electron chi connectivity index (χ4n) is 3.38. The zero-order chi connectivity index (χ0) is 21.3. The Kier molecular flexibility index (Phi) is 7.33. The fraction of sp³-hybridized carbons (Fsp3) is 0.200. The molecule has 0 aromatic heterocycles. The largest absolute Gasteiger partial charge is 0.357 e. The van der Waals surface area contributed by atoms with Crippen molar-refractivity contribution in [1.82, 2.24) is 10.2 Å². The van der Waals surface area contributed by atoms with E-state index in [0.717, 1.165) is 11.1 Å². The molecule has 0 saturated carbocycles. The van der Waals surface area contributed by atoms with Crippen LogP contribution >= 0.6 is 0 Å². The van der Waals surface area contributed by atoms with Crippen LogP contribution in [-0.2, 0) is 29.0 Å². The van der Waals surface area contributed by atoms with Gasteiger partial charge in [0.05, 0.1) is 6.42 Å². The maximum Gasteiger partial charge on any atom is 0.242 e. The second-order valence-corrected chi connectivity index (χ2v) is 7.13. The molecule has 30 heavy (non-hydrogen) atoms. The molecule has 3 aromatic carbocycles. The lowest BCUT2D eigenvalue weighted by atomic mass is 10.0. The van der Waals surface area contributed by atoms with Crippen LogP contribution in [0.25, 0.3) is 0 Å². The molecule has 3 aromatic rings. The van der Waals surface area contributed by atoms with Gasteiger partial charge in [0.15, 0.2) is 0 Å². The van der Waals surface area contributed by atoms with Gasteiger partial charge >= 0.3 is 0 Å². The molecule has 0 heterocycles. The van der Waals surface area contributed by atoms with Crippen LogP contribution < -0.4 is 5.32 Å². The summed E-state index contributed by atoms with van der Waals surface area (Å²) in [5.41, 5.74) is 2.61. The first-order chi connectivity index (χ1) is 14.6. The van der Waals surface area contributed by atoms with Crippen molar-refractivity contribution in [2.45, 2.75) is 25.4 Å². The van der Waals surface area contributed by atoms with Gasteiger partial charge in [-0.05, 0) is 28.8 Å². The maximum absolute atomic E-state index is 13.3. The first-order valence-corrected chi connectivity index (χ1v) is 9.90. The minimum atomic E-state index is -0.662. The minimum absolute atomic E-state index is 0.0927. The van der Waals surface area contributed by atoms with Crippen molar-refractivity contribution in [3.8, 4) is 0 Å². The first-order valence-electron chi connectivity index (χ1n) is 9.90. The number of nitrogens with zero attached hydrogens (tertiary/aromatic N) is 1. The SMILES string of the molecule is CNC(=O)[C@H](Cc1ccccc1)N(Cc1ccccc1)C(=O)Cc1ccc(F)cc1. The fourth-order valence-corrected chi connectivity index (χ4v) is 3.38. The van der Waals surface area contributed by atoms with Gasteiger partial charge < -0.3 is 10.2 Å². The van der Waals surface area contributed by atoms with E-state index >= 15 is 0 Å². The summed E-state index contributed by atoms with van der Waals surface area (Å²) in [6.07, 6.45) is 0.498. The molecule has 1 N–H and O–H groups in total. The van der Waals surface area contributed by atoms with Gasteiger partial charge in [-0.15, -0.1) is 0 Å². The standard InChI is InChI=1S/C25H25FN2O2/c1-27-25(30)23(16-19-8-4-2-5-9-19)28(18-21-10-6-3-7-11-21)24(29)17-20-12-14-22(26)15-13-20/h2-15,23H,16-18H2,1H3,(H,27,30)/t23-/m0/s1. The number of hydrogen-bond donors (Lipinski definition) is 1. The molecule has 0 saturated heterocycles. The van der Waals surface area contributed by atoms with E-state index in [-0.39, 0.29) is 24.1 Å². The van der Waals surface area contributed by atoms with Crippen molar-refractivity contribution in [3.05, 3.63) is 107 Å². The molecule has 0 aliphatic rings. The number of likely N-dealkylation sites (N-methyl/N-ethyl adjacent to an activating group) is 1. The van der Waals surface area contributed by atoms with Crippen LogP contribution in [0, 0.1) is 5.82 Å². The third kappa shape index (κ3) is 5.77. The van der Waals surface area contributed by atoms with Crippen LogP contribution in [0.5, 0.6) is 0 Å². The predicted octanol–water partition coefficient (Wildman–Crippen LogP) is 3.75. The highest BCUT2D eigenvalue weighted by Crippen LogP contribution is 2.16. The molecule has 3 rings (SSSR count). The molecule has 2 amide bonds. The van der Waals surface area contributed by atoms with Gasteiger partial charge in [0.2, 0.25) is 11.8 Å².